The smallest absolute Gasteiger partial charge is 0.271 e. The summed E-state index contributed by atoms with van der Waals surface area (Å²) >= 11 is 0. The van der Waals surface area contributed by atoms with Crippen molar-refractivity contribution in [1.29, 1.82) is 0 Å². The van der Waals surface area contributed by atoms with E-state index in [1.165, 1.54) is 22.4 Å². The van der Waals surface area contributed by atoms with Gasteiger partial charge in [0.15, 0.2) is 0 Å². The zero-order valence-electron chi connectivity index (χ0n) is 14.6. The number of carbonyl (C=O) groups excluding carboxylic acids is 1. The number of carbonyl (C=O) groups is 1. The molecule has 0 saturated heterocycles. The third-order valence-corrected chi connectivity index (χ3v) is 4.12. The highest BCUT2D eigenvalue weighted by atomic mass is 16.2. The van der Waals surface area contributed by atoms with Gasteiger partial charge in [-0.25, -0.2) is 0 Å². The van der Waals surface area contributed by atoms with Gasteiger partial charge in [0, 0.05) is 12.1 Å². The van der Waals surface area contributed by atoms with Gasteiger partial charge in [0.1, 0.15) is 5.69 Å². The Bertz CT molecular complexity index is 921. The Kier molecular flexibility index (Phi) is 5.59. The molecule has 1 heterocycles. The number of aromatic nitrogens is 2. The second-order valence-electron chi connectivity index (χ2n) is 6.20. The molecule has 0 bridgehead atoms. The predicted molar refractivity (Wildman–Crippen MR) is 102 cm³/mol. The lowest BCUT2D eigenvalue weighted by atomic mass is 10.1. The van der Waals surface area contributed by atoms with Crippen LogP contribution in [0.4, 0.5) is 0 Å². The monoisotopic (exact) mass is 347 g/mol. The molecule has 1 atom stereocenters. The molecule has 132 valence electrons. The van der Waals surface area contributed by atoms with Crippen LogP contribution in [0.2, 0.25) is 0 Å². The normalized spacial score (nSPS) is 11.7. The van der Waals surface area contributed by atoms with Crippen molar-refractivity contribution in [2.24, 2.45) is 0 Å². The van der Waals surface area contributed by atoms with Crippen molar-refractivity contribution in [3.05, 3.63) is 94.4 Å². The van der Waals surface area contributed by atoms with E-state index in [-0.39, 0.29) is 23.2 Å². The molecule has 26 heavy (non-hydrogen) atoms. The van der Waals surface area contributed by atoms with Crippen LogP contribution in [0.5, 0.6) is 0 Å². The maximum atomic E-state index is 12.5. The van der Waals surface area contributed by atoms with Gasteiger partial charge in [-0.1, -0.05) is 48.5 Å². The maximum absolute atomic E-state index is 12.5. The van der Waals surface area contributed by atoms with E-state index < -0.39 is 0 Å². The molecule has 3 aromatic rings. The van der Waals surface area contributed by atoms with Crippen molar-refractivity contribution in [3.63, 3.8) is 0 Å². The summed E-state index contributed by atoms with van der Waals surface area (Å²) in [6.45, 7) is 1.97. The average molecular weight is 347 g/mol. The molecule has 0 aliphatic carbocycles. The minimum absolute atomic E-state index is 0.00149. The fraction of sp³-hybridized carbons (Fsp3) is 0.190. The second kappa shape index (κ2) is 8.25. The Morgan fingerprint density at radius 1 is 1.00 bits per heavy atom. The van der Waals surface area contributed by atoms with Crippen LogP contribution in [-0.2, 0) is 6.42 Å². The van der Waals surface area contributed by atoms with Gasteiger partial charge in [0.25, 0.3) is 11.5 Å². The molecule has 0 fully saturated rings. The van der Waals surface area contributed by atoms with Crippen LogP contribution in [0.1, 0.15) is 29.4 Å². The van der Waals surface area contributed by atoms with Gasteiger partial charge in [0.05, 0.1) is 5.69 Å². The van der Waals surface area contributed by atoms with Crippen LogP contribution in [0.15, 0.2) is 77.6 Å². The molecule has 0 radical (unpaired) electrons. The molecule has 0 aliphatic rings. The quantitative estimate of drug-likeness (QED) is 0.745. The maximum Gasteiger partial charge on any atom is 0.271 e. The lowest BCUT2D eigenvalue weighted by Gasteiger charge is -2.14. The highest BCUT2D eigenvalue weighted by Crippen LogP contribution is 2.06. The Balaban J connectivity index is 1.67. The van der Waals surface area contributed by atoms with Crippen LogP contribution in [-0.4, -0.2) is 21.7 Å². The van der Waals surface area contributed by atoms with Crippen molar-refractivity contribution in [1.82, 2.24) is 15.1 Å². The molecule has 5 heteroatoms. The Morgan fingerprint density at radius 2 is 1.65 bits per heavy atom. The minimum Gasteiger partial charge on any atom is -0.348 e. The van der Waals surface area contributed by atoms with Crippen molar-refractivity contribution >= 4 is 5.91 Å². The highest BCUT2D eigenvalue weighted by molar-refractivity contribution is 5.92. The van der Waals surface area contributed by atoms with Crippen LogP contribution in [0.25, 0.3) is 5.69 Å². The van der Waals surface area contributed by atoms with E-state index >= 15 is 0 Å². The molecule has 1 aromatic heterocycles. The molecular weight excluding hydrogens is 326 g/mol. The molecule has 0 saturated carbocycles. The number of benzene rings is 2. The third-order valence-electron chi connectivity index (χ3n) is 4.12. The van der Waals surface area contributed by atoms with Crippen LogP contribution < -0.4 is 10.9 Å². The zero-order chi connectivity index (χ0) is 18.4. The molecule has 2 aromatic carbocycles. The van der Waals surface area contributed by atoms with Gasteiger partial charge in [-0.15, -0.1) is 0 Å². The van der Waals surface area contributed by atoms with Crippen molar-refractivity contribution in [2.45, 2.75) is 25.8 Å². The SMILES string of the molecule is CC(CCc1ccccc1)NC(=O)c1ccc(=O)n(-c2ccccc2)n1. The molecule has 1 unspecified atom stereocenters. The van der Waals surface area contributed by atoms with Gasteiger partial charge in [0.2, 0.25) is 0 Å². The van der Waals surface area contributed by atoms with Crippen molar-refractivity contribution in [2.75, 3.05) is 0 Å². The summed E-state index contributed by atoms with van der Waals surface area (Å²) in [7, 11) is 0. The van der Waals surface area contributed by atoms with E-state index in [0.29, 0.717) is 5.69 Å². The van der Waals surface area contributed by atoms with Gasteiger partial charge < -0.3 is 5.32 Å². The number of rotatable bonds is 6. The fourth-order valence-corrected chi connectivity index (χ4v) is 2.68. The van der Waals surface area contributed by atoms with E-state index in [1.807, 2.05) is 43.3 Å². The first-order valence-electron chi connectivity index (χ1n) is 8.64. The van der Waals surface area contributed by atoms with Crippen LogP contribution in [0.3, 0.4) is 0 Å². The average Bonchev–Trinajstić information content (AvgIpc) is 2.68. The largest absolute Gasteiger partial charge is 0.348 e. The van der Waals surface area contributed by atoms with Gasteiger partial charge >= 0.3 is 0 Å². The van der Waals surface area contributed by atoms with Gasteiger partial charge in [-0.2, -0.15) is 9.78 Å². The number of amides is 1. The summed E-state index contributed by atoms with van der Waals surface area (Å²) in [5, 5.41) is 7.15. The van der Waals surface area contributed by atoms with Crippen LogP contribution in [0, 0.1) is 0 Å². The zero-order valence-corrected chi connectivity index (χ0v) is 14.6. The van der Waals surface area contributed by atoms with Gasteiger partial charge in [-0.3, -0.25) is 9.59 Å². The Morgan fingerprint density at radius 3 is 2.35 bits per heavy atom. The highest BCUT2D eigenvalue weighted by Gasteiger charge is 2.13. The fourth-order valence-electron chi connectivity index (χ4n) is 2.68. The molecule has 5 nitrogen and oxygen atoms in total. The summed E-state index contributed by atoms with van der Waals surface area (Å²) in [5.74, 6) is -0.282. The van der Waals surface area contributed by atoms with E-state index in [9.17, 15) is 9.59 Å². The van der Waals surface area contributed by atoms with E-state index in [2.05, 4.69) is 22.5 Å². The second-order valence-corrected chi connectivity index (χ2v) is 6.20. The summed E-state index contributed by atoms with van der Waals surface area (Å²) < 4.78 is 1.24. The topological polar surface area (TPSA) is 64.0 Å². The number of para-hydroxylation sites is 1. The summed E-state index contributed by atoms with van der Waals surface area (Å²) in [6.07, 6.45) is 1.72. The molecule has 0 spiro atoms. The summed E-state index contributed by atoms with van der Waals surface area (Å²) in [4.78, 5) is 24.5. The first kappa shape index (κ1) is 17.6. The predicted octanol–water partition coefficient (Wildman–Crippen LogP) is 2.98. The summed E-state index contributed by atoms with van der Waals surface area (Å²) in [6, 6.07) is 22.0. The van der Waals surface area contributed by atoms with Crippen LogP contribution >= 0.6 is 0 Å². The standard InChI is InChI=1S/C21H21N3O2/c1-16(12-13-17-8-4-2-5-9-17)22-21(26)19-14-15-20(25)24(23-19)18-10-6-3-7-11-18/h2-11,14-16H,12-13H2,1H3,(H,22,26). The minimum atomic E-state index is -0.282. The number of hydrogen-bond acceptors (Lipinski definition) is 3. The van der Waals surface area contributed by atoms with Gasteiger partial charge in [-0.05, 0) is 43.5 Å². The molecule has 0 aliphatic heterocycles. The molecule has 1 amide bonds. The lowest BCUT2D eigenvalue weighted by molar-refractivity contribution is 0.0931. The van der Waals surface area contributed by atoms with E-state index in [1.54, 1.807) is 12.1 Å². The molecular formula is C21H21N3O2. The Hall–Kier alpha value is -3.21. The summed E-state index contributed by atoms with van der Waals surface area (Å²) in [5.41, 5.74) is 1.82. The van der Waals surface area contributed by atoms with Crippen molar-refractivity contribution in [3.8, 4) is 5.69 Å². The third kappa shape index (κ3) is 4.45. The van der Waals surface area contributed by atoms with Crippen molar-refractivity contribution < 1.29 is 4.79 Å². The lowest BCUT2D eigenvalue weighted by Crippen LogP contribution is -2.35. The number of nitrogens with zero attached hydrogens (tertiary/aromatic N) is 2. The number of hydrogen-bond donors (Lipinski definition) is 1. The van der Waals surface area contributed by atoms with E-state index in [4.69, 9.17) is 0 Å². The first-order valence-corrected chi connectivity index (χ1v) is 8.64. The first-order chi connectivity index (χ1) is 12.6. The number of aryl methyl sites for hydroxylation is 1. The van der Waals surface area contributed by atoms with E-state index in [0.717, 1.165) is 12.8 Å². The number of nitrogens with one attached hydrogen (secondary N) is 1. The Labute approximate surface area is 152 Å². The molecule has 1 N–H and O–H groups in total. The molecule has 3 rings (SSSR count).